The number of carboxylic acid groups (broad SMARTS) is 1. The molecule has 5 heteroatoms. The van der Waals surface area contributed by atoms with E-state index in [4.69, 9.17) is 10.2 Å². The van der Waals surface area contributed by atoms with Gasteiger partial charge < -0.3 is 10.2 Å². The summed E-state index contributed by atoms with van der Waals surface area (Å²) in [4.78, 5) is 10.2. The Kier molecular flexibility index (Phi) is 1.87. The molecule has 4 nitrogen and oxygen atoms in total. The number of aliphatic hydroxyl groups excluding tert-OH is 1. The van der Waals surface area contributed by atoms with E-state index in [1.165, 1.54) is 0 Å². The van der Waals surface area contributed by atoms with Crippen LogP contribution in [-0.4, -0.2) is 41.0 Å². The molecule has 1 heterocycles. The van der Waals surface area contributed by atoms with Crippen molar-refractivity contribution in [2.75, 3.05) is 6.54 Å². The zero-order chi connectivity index (χ0) is 7.72. The molecule has 3 atom stereocenters. The van der Waals surface area contributed by atoms with Crippen molar-refractivity contribution in [1.29, 1.82) is 0 Å². The first-order chi connectivity index (χ1) is 4.63. The van der Waals surface area contributed by atoms with Crippen LogP contribution in [0.2, 0.25) is 0 Å². The highest BCUT2D eigenvalue weighted by Crippen LogP contribution is 2.10. The molecular formula is C5H8FNO3. The molecule has 0 aromatic carbocycles. The lowest BCUT2D eigenvalue weighted by Crippen LogP contribution is -2.39. The van der Waals surface area contributed by atoms with Crippen LogP contribution in [0.15, 0.2) is 0 Å². The number of carbonyl (C=O) groups is 1. The van der Waals surface area contributed by atoms with E-state index in [1.54, 1.807) is 0 Å². The average molecular weight is 149 g/mol. The van der Waals surface area contributed by atoms with Crippen molar-refractivity contribution in [3.05, 3.63) is 0 Å². The topological polar surface area (TPSA) is 69.6 Å². The molecule has 0 bridgehead atoms. The van der Waals surface area contributed by atoms with Crippen LogP contribution < -0.4 is 5.32 Å². The number of rotatable bonds is 1. The van der Waals surface area contributed by atoms with Crippen LogP contribution in [0.25, 0.3) is 0 Å². The first-order valence-electron chi connectivity index (χ1n) is 2.91. The maximum absolute atomic E-state index is 12.4. The summed E-state index contributed by atoms with van der Waals surface area (Å²) in [5, 5.41) is 19.5. The Morgan fingerprint density at radius 3 is 2.50 bits per heavy atom. The largest absolute Gasteiger partial charge is 0.480 e. The molecule has 1 fully saturated rings. The smallest absolute Gasteiger partial charge is 0.323 e. The molecule has 0 saturated carbocycles. The molecule has 0 radical (unpaired) electrons. The highest BCUT2D eigenvalue weighted by atomic mass is 19.1. The molecular weight excluding hydrogens is 141 g/mol. The van der Waals surface area contributed by atoms with Crippen molar-refractivity contribution in [1.82, 2.24) is 5.32 Å². The van der Waals surface area contributed by atoms with Crippen molar-refractivity contribution < 1.29 is 19.4 Å². The second kappa shape index (κ2) is 2.51. The average Bonchev–Trinajstić information content (AvgIpc) is 2.14. The van der Waals surface area contributed by atoms with E-state index in [0.29, 0.717) is 0 Å². The quantitative estimate of drug-likeness (QED) is 0.435. The zero-order valence-electron chi connectivity index (χ0n) is 5.12. The zero-order valence-corrected chi connectivity index (χ0v) is 5.12. The van der Waals surface area contributed by atoms with Crippen molar-refractivity contribution in [2.45, 2.75) is 18.3 Å². The van der Waals surface area contributed by atoms with Gasteiger partial charge in [0.15, 0.2) is 0 Å². The third-order valence-corrected chi connectivity index (χ3v) is 1.51. The van der Waals surface area contributed by atoms with Gasteiger partial charge in [-0.15, -0.1) is 0 Å². The Labute approximate surface area is 56.7 Å². The molecule has 0 aliphatic carbocycles. The Hall–Kier alpha value is -0.680. The monoisotopic (exact) mass is 149 g/mol. The van der Waals surface area contributed by atoms with Gasteiger partial charge in [0.2, 0.25) is 0 Å². The number of hydrogen-bond acceptors (Lipinski definition) is 3. The van der Waals surface area contributed by atoms with E-state index in [0.717, 1.165) is 0 Å². The van der Waals surface area contributed by atoms with E-state index in [2.05, 4.69) is 5.32 Å². The van der Waals surface area contributed by atoms with Crippen LogP contribution in [0.4, 0.5) is 4.39 Å². The van der Waals surface area contributed by atoms with Gasteiger partial charge in [-0.25, -0.2) is 4.39 Å². The molecule has 1 aliphatic heterocycles. The first-order valence-corrected chi connectivity index (χ1v) is 2.91. The fourth-order valence-corrected chi connectivity index (χ4v) is 0.923. The SMILES string of the molecule is O=C(O)[C@H]1NCC(F)C1O. The molecule has 10 heavy (non-hydrogen) atoms. The van der Waals surface area contributed by atoms with E-state index < -0.39 is 24.3 Å². The van der Waals surface area contributed by atoms with Gasteiger partial charge in [0, 0.05) is 6.54 Å². The van der Waals surface area contributed by atoms with Crippen LogP contribution >= 0.6 is 0 Å². The van der Waals surface area contributed by atoms with Crippen molar-refractivity contribution in [3.8, 4) is 0 Å². The van der Waals surface area contributed by atoms with E-state index in [-0.39, 0.29) is 6.54 Å². The minimum atomic E-state index is -1.46. The van der Waals surface area contributed by atoms with Crippen LogP contribution in [0.5, 0.6) is 0 Å². The molecule has 0 amide bonds. The van der Waals surface area contributed by atoms with Crippen molar-refractivity contribution in [3.63, 3.8) is 0 Å². The third-order valence-electron chi connectivity index (χ3n) is 1.51. The van der Waals surface area contributed by atoms with E-state index in [1.807, 2.05) is 0 Å². The molecule has 58 valence electrons. The minimum Gasteiger partial charge on any atom is -0.480 e. The van der Waals surface area contributed by atoms with Gasteiger partial charge in [0.05, 0.1) is 0 Å². The third kappa shape index (κ3) is 1.10. The Morgan fingerprint density at radius 2 is 2.30 bits per heavy atom. The second-order valence-corrected chi connectivity index (χ2v) is 2.23. The molecule has 0 spiro atoms. The highest BCUT2D eigenvalue weighted by Gasteiger charge is 2.38. The molecule has 1 aliphatic rings. The predicted molar refractivity (Wildman–Crippen MR) is 30.3 cm³/mol. The Bertz CT molecular complexity index is 152. The summed E-state index contributed by atoms with van der Waals surface area (Å²) < 4.78 is 12.4. The van der Waals surface area contributed by atoms with Gasteiger partial charge >= 0.3 is 5.97 Å². The lowest BCUT2D eigenvalue weighted by molar-refractivity contribution is -0.141. The van der Waals surface area contributed by atoms with Crippen LogP contribution in [0.3, 0.4) is 0 Å². The van der Waals surface area contributed by atoms with Gasteiger partial charge in [0.25, 0.3) is 0 Å². The summed E-state index contributed by atoms with van der Waals surface area (Å²) in [6.45, 7) is -0.0852. The number of nitrogens with one attached hydrogen (secondary N) is 1. The number of aliphatic carboxylic acids is 1. The predicted octanol–water partition coefficient (Wildman–Crippen LogP) is -1.26. The standard InChI is InChI=1S/C5H8FNO3/c6-2-1-7-3(4(2)8)5(9)10/h2-4,7-8H,1H2,(H,9,10)/t2?,3-,4?/m0/s1. The van der Waals surface area contributed by atoms with Gasteiger partial charge in [-0.2, -0.15) is 0 Å². The lowest BCUT2D eigenvalue weighted by atomic mass is 10.2. The maximum Gasteiger partial charge on any atom is 0.323 e. The van der Waals surface area contributed by atoms with Gasteiger partial charge in [0.1, 0.15) is 18.3 Å². The van der Waals surface area contributed by atoms with Crippen LogP contribution in [0, 0.1) is 0 Å². The molecule has 0 aromatic heterocycles. The van der Waals surface area contributed by atoms with Crippen molar-refractivity contribution in [2.24, 2.45) is 0 Å². The van der Waals surface area contributed by atoms with Gasteiger partial charge in [-0.05, 0) is 0 Å². The van der Waals surface area contributed by atoms with Gasteiger partial charge in [-0.3, -0.25) is 10.1 Å². The lowest BCUT2D eigenvalue weighted by Gasteiger charge is -2.08. The summed E-state index contributed by atoms with van der Waals surface area (Å²) >= 11 is 0. The van der Waals surface area contributed by atoms with E-state index in [9.17, 15) is 9.18 Å². The summed E-state index contributed by atoms with van der Waals surface area (Å²) in [6, 6.07) is -1.14. The summed E-state index contributed by atoms with van der Waals surface area (Å²) in [5.41, 5.74) is 0. The van der Waals surface area contributed by atoms with E-state index >= 15 is 0 Å². The molecule has 1 saturated heterocycles. The Morgan fingerprint density at radius 1 is 1.70 bits per heavy atom. The number of halogens is 1. The molecule has 2 unspecified atom stereocenters. The number of aliphatic hydroxyl groups is 1. The molecule has 3 N–H and O–H groups in total. The molecule has 0 aromatic rings. The maximum atomic E-state index is 12.4. The van der Waals surface area contributed by atoms with Crippen LogP contribution in [0.1, 0.15) is 0 Å². The second-order valence-electron chi connectivity index (χ2n) is 2.23. The summed E-state index contributed by atoms with van der Waals surface area (Å²) in [7, 11) is 0. The van der Waals surface area contributed by atoms with Gasteiger partial charge in [-0.1, -0.05) is 0 Å². The van der Waals surface area contributed by atoms with Crippen LogP contribution in [-0.2, 0) is 4.79 Å². The highest BCUT2D eigenvalue weighted by molar-refractivity contribution is 5.74. The number of alkyl halides is 1. The Balaban J connectivity index is 2.57. The number of hydrogen-bond donors (Lipinski definition) is 3. The molecule has 1 rings (SSSR count). The summed E-state index contributed by atoms with van der Waals surface area (Å²) in [6.07, 6.45) is -2.86. The first kappa shape index (κ1) is 7.43. The minimum absolute atomic E-state index is 0.0852. The number of carboxylic acids is 1. The van der Waals surface area contributed by atoms with Crippen molar-refractivity contribution >= 4 is 5.97 Å². The summed E-state index contributed by atoms with van der Waals surface area (Å²) in [5.74, 6) is -1.22. The fourth-order valence-electron chi connectivity index (χ4n) is 0.923. The normalized spacial score (nSPS) is 40.0. The fraction of sp³-hybridized carbons (Fsp3) is 0.800.